The zero-order chi connectivity index (χ0) is 9.97. The van der Waals surface area contributed by atoms with Crippen molar-refractivity contribution in [2.75, 3.05) is 13.2 Å². The lowest BCUT2D eigenvalue weighted by Gasteiger charge is -1.98. The minimum atomic E-state index is -0.896. The maximum Gasteiger partial charge on any atom is 0.309 e. The SMILES string of the molecule is O=C(O)Cc1coc(C2CCOC2)n1. The third-order valence-corrected chi connectivity index (χ3v) is 2.18. The Kier molecular flexibility index (Phi) is 2.49. The van der Waals surface area contributed by atoms with Gasteiger partial charge < -0.3 is 14.3 Å². The van der Waals surface area contributed by atoms with Crippen molar-refractivity contribution in [1.29, 1.82) is 0 Å². The Balaban J connectivity index is 2.05. The normalized spacial score (nSPS) is 21.3. The molecule has 1 atom stereocenters. The summed E-state index contributed by atoms with van der Waals surface area (Å²) < 4.78 is 10.4. The number of oxazole rings is 1. The Morgan fingerprint density at radius 2 is 2.57 bits per heavy atom. The average molecular weight is 197 g/mol. The lowest BCUT2D eigenvalue weighted by molar-refractivity contribution is -0.136. The van der Waals surface area contributed by atoms with Crippen LogP contribution >= 0.6 is 0 Å². The van der Waals surface area contributed by atoms with E-state index in [4.69, 9.17) is 14.3 Å². The highest BCUT2D eigenvalue weighted by molar-refractivity contribution is 5.69. The molecule has 2 rings (SSSR count). The van der Waals surface area contributed by atoms with Crippen molar-refractivity contribution in [1.82, 2.24) is 4.98 Å². The van der Waals surface area contributed by atoms with Gasteiger partial charge in [-0.3, -0.25) is 4.79 Å². The van der Waals surface area contributed by atoms with Crippen LogP contribution < -0.4 is 0 Å². The van der Waals surface area contributed by atoms with Gasteiger partial charge in [0.15, 0.2) is 5.89 Å². The topological polar surface area (TPSA) is 72.6 Å². The molecule has 5 nitrogen and oxygen atoms in total. The summed E-state index contributed by atoms with van der Waals surface area (Å²) in [4.78, 5) is 14.5. The van der Waals surface area contributed by atoms with Crippen molar-refractivity contribution in [2.24, 2.45) is 0 Å². The van der Waals surface area contributed by atoms with Gasteiger partial charge in [-0.1, -0.05) is 0 Å². The second-order valence-corrected chi connectivity index (χ2v) is 3.31. The van der Waals surface area contributed by atoms with Crippen LogP contribution in [0.3, 0.4) is 0 Å². The maximum atomic E-state index is 10.4. The maximum absolute atomic E-state index is 10.4. The Bertz CT molecular complexity index is 327. The quantitative estimate of drug-likeness (QED) is 0.776. The van der Waals surface area contributed by atoms with Gasteiger partial charge >= 0.3 is 5.97 Å². The molecule has 0 spiro atoms. The fourth-order valence-electron chi connectivity index (χ4n) is 1.48. The Morgan fingerprint density at radius 3 is 3.21 bits per heavy atom. The number of aliphatic carboxylic acids is 1. The molecule has 1 aromatic heterocycles. The predicted octanol–water partition coefficient (Wildman–Crippen LogP) is 0.806. The van der Waals surface area contributed by atoms with Crippen LogP contribution in [0.15, 0.2) is 10.7 Å². The number of carboxylic acids is 1. The Morgan fingerprint density at radius 1 is 1.71 bits per heavy atom. The Hall–Kier alpha value is -1.36. The number of ether oxygens (including phenoxy) is 1. The Labute approximate surface area is 80.7 Å². The van der Waals surface area contributed by atoms with Crippen molar-refractivity contribution >= 4 is 5.97 Å². The van der Waals surface area contributed by atoms with E-state index in [1.807, 2.05) is 0 Å². The monoisotopic (exact) mass is 197 g/mol. The van der Waals surface area contributed by atoms with Gasteiger partial charge in [-0.2, -0.15) is 0 Å². The number of hydrogen-bond acceptors (Lipinski definition) is 4. The van der Waals surface area contributed by atoms with Crippen LogP contribution in [0.1, 0.15) is 23.9 Å². The van der Waals surface area contributed by atoms with E-state index in [0.29, 0.717) is 18.2 Å². The lowest BCUT2D eigenvalue weighted by atomic mass is 10.1. The highest BCUT2D eigenvalue weighted by Gasteiger charge is 2.22. The van der Waals surface area contributed by atoms with Crippen LogP contribution in [0.4, 0.5) is 0 Å². The van der Waals surface area contributed by atoms with Crippen LogP contribution in [0.25, 0.3) is 0 Å². The van der Waals surface area contributed by atoms with Crippen molar-refractivity contribution in [3.05, 3.63) is 17.8 Å². The number of rotatable bonds is 3. The van der Waals surface area contributed by atoms with Crippen molar-refractivity contribution in [3.8, 4) is 0 Å². The second-order valence-electron chi connectivity index (χ2n) is 3.31. The van der Waals surface area contributed by atoms with E-state index in [2.05, 4.69) is 4.98 Å². The number of hydrogen-bond donors (Lipinski definition) is 1. The third-order valence-electron chi connectivity index (χ3n) is 2.18. The summed E-state index contributed by atoms with van der Waals surface area (Å²) >= 11 is 0. The average Bonchev–Trinajstić information content (AvgIpc) is 2.69. The molecule has 1 saturated heterocycles. The van der Waals surface area contributed by atoms with Gasteiger partial charge in [0.1, 0.15) is 6.26 Å². The van der Waals surface area contributed by atoms with Gasteiger partial charge in [-0.15, -0.1) is 0 Å². The minimum absolute atomic E-state index is 0.0862. The van der Waals surface area contributed by atoms with Crippen molar-refractivity contribution in [3.63, 3.8) is 0 Å². The van der Waals surface area contributed by atoms with Crippen LogP contribution in [0, 0.1) is 0 Å². The summed E-state index contributed by atoms with van der Waals surface area (Å²) in [6.07, 6.45) is 2.21. The zero-order valence-electron chi connectivity index (χ0n) is 7.60. The molecule has 0 aromatic carbocycles. The standard InChI is InChI=1S/C9H11NO4/c11-8(12)3-7-5-14-9(10-7)6-1-2-13-4-6/h5-6H,1-4H2,(H,11,12). The first-order valence-corrected chi connectivity index (χ1v) is 4.49. The molecule has 1 aromatic rings. The predicted molar refractivity (Wildman–Crippen MR) is 46.0 cm³/mol. The van der Waals surface area contributed by atoms with Gasteiger partial charge in [-0.25, -0.2) is 4.98 Å². The fraction of sp³-hybridized carbons (Fsp3) is 0.556. The second kappa shape index (κ2) is 3.79. The first-order valence-electron chi connectivity index (χ1n) is 4.49. The molecule has 1 fully saturated rings. The number of carbonyl (C=O) groups is 1. The molecule has 1 aliphatic heterocycles. The molecule has 0 aliphatic carbocycles. The molecular formula is C9H11NO4. The van der Waals surface area contributed by atoms with E-state index in [1.165, 1.54) is 6.26 Å². The van der Waals surface area contributed by atoms with Crippen LogP contribution in [0.5, 0.6) is 0 Å². The molecule has 5 heteroatoms. The molecule has 76 valence electrons. The summed E-state index contributed by atoms with van der Waals surface area (Å²) in [6, 6.07) is 0. The van der Waals surface area contributed by atoms with Gasteiger partial charge in [0.2, 0.25) is 0 Å². The van der Waals surface area contributed by atoms with E-state index >= 15 is 0 Å². The fourth-order valence-corrected chi connectivity index (χ4v) is 1.48. The van der Waals surface area contributed by atoms with E-state index in [9.17, 15) is 4.79 Å². The number of aromatic nitrogens is 1. The minimum Gasteiger partial charge on any atom is -0.481 e. The van der Waals surface area contributed by atoms with Crippen LogP contribution in [0.2, 0.25) is 0 Å². The molecule has 14 heavy (non-hydrogen) atoms. The summed E-state index contributed by atoms with van der Waals surface area (Å²) in [5.74, 6) is -0.108. The summed E-state index contributed by atoms with van der Waals surface area (Å²) in [5, 5.41) is 8.54. The van der Waals surface area contributed by atoms with E-state index in [-0.39, 0.29) is 12.3 Å². The lowest BCUT2D eigenvalue weighted by Crippen LogP contribution is -2.02. The molecule has 2 heterocycles. The smallest absolute Gasteiger partial charge is 0.309 e. The molecule has 0 amide bonds. The van der Waals surface area contributed by atoms with E-state index in [1.54, 1.807) is 0 Å². The summed E-state index contributed by atoms with van der Waals surface area (Å²) in [7, 11) is 0. The largest absolute Gasteiger partial charge is 0.481 e. The summed E-state index contributed by atoms with van der Waals surface area (Å²) in [6.45, 7) is 1.34. The molecule has 1 aliphatic rings. The molecule has 0 saturated carbocycles. The van der Waals surface area contributed by atoms with Crippen LogP contribution in [-0.4, -0.2) is 29.3 Å². The van der Waals surface area contributed by atoms with Gasteiger partial charge in [0, 0.05) is 6.61 Å². The van der Waals surface area contributed by atoms with Gasteiger partial charge in [0.25, 0.3) is 0 Å². The first-order chi connectivity index (χ1) is 6.75. The molecule has 1 unspecified atom stereocenters. The van der Waals surface area contributed by atoms with Crippen molar-refractivity contribution in [2.45, 2.75) is 18.8 Å². The number of nitrogens with zero attached hydrogens (tertiary/aromatic N) is 1. The summed E-state index contributed by atoms with van der Waals surface area (Å²) in [5.41, 5.74) is 0.472. The van der Waals surface area contributed by atoms with Gasteiger partial charge in [-0.05, 0) is 6.42 Å². The molecule has 1 N–H and O–H groups in total. The molecule has 0 bridgehead atoms. The first kappa shape index (κ1) is 9.21. The van der Waals surface area contributed by atoms with E-state index in [0.717, 1.165) is 13.0 Å². The highest BCUT2D eigenvalue weighted by atomic mass is 16.5. The zero-order valence-corrected chi connectivity index (χ0v) is 7.60. The molecule has 0 radical (unpaired) electrons. The van der Waals surface area contributed by atoms with Crippen LogP contribution in [-0.2, 0) is 16.0 Å². The van der Waals surface area contributed by atoms with E-state index < -0.39 is 5.97 Å². The molecular weight excluding hydrogens is 186 g/mol. The van der Waals surface area contributed by atoms with Crippen molar-refractivity contribution < 1.29 is 19.1 Å². The third kappa shape index (κ3) is 1.93. The number of carboxylic acid groups (broad SMARTS) is 1. The highest BCUT2D eigenvalue weighted by Crippen LogP contribution is 2.24. The van der Waals surface area contributed by atoms with Gasteiger partial charge in [0.05, 0.1) is 24.6 Å².